The van der Waals surface area contributed by atoms with E-state index in [-0.39, 0.29) is 5.69 Å². The minimum absolute atomic E-state index is 0.145. The van der Waals surface area contributed by atoms with Gasteiger partial charge in [-0.2, -0.15) is 5.26 Å². The van der Waals surface area contributed by atoms with E-state index in [0.717, 1.165) is 10.5 Å². The Hall–Kier alpha value is -3.06. The van der Waals surface area contributed by atoms with Crippen LogP contribution in [0.15, 0.2) is 29.6 Å². The monoisotopic (exact) mass is 405 g/mol. The van der Waals surface area contributed by atoms with Crippen molar-refractivity contribution in [2.75, 3.05) is 18.8 Å². The Morgan fingerprint density at radius 3 is 2.79 bits per heavy atom. The highest BCUT2D eigenvalue weighted by atomic mass is 32.1. The summed E-state index contributed by atoms with van der Waals surface area (Å²) in [7, 11) is 0. The number of halogens is 2. The molecule has 0 saturated carbocycles. The van der Waals surface area contributed by atoms with Crippen molar-refractivity contribution >= 4 is 28.8 Å². The zero-order valence-electron chi connectivity index (χ0n) is 14.7. The number of carbonyl (C=O) groups is 2. The van der Waals surface area contributed by atoms with Gasteiger partial charge in [0.05, 0.1) is 24.2 Å². The normalized spacial score (nSPS) is 17.9. The molecule has 1 atom stereocenters. The highest BCUT2D eigenvalue weighted by Crippen LogP contribution is 2.31. The summed E-state index contributed by atoms with van der Waals surface area (Å²) in [6.45, 7) is -1.29. The quantitative estimate of drug-likeness (QED) is 0.737. The number of amides is 2. The summed E-state index contributed by atoms with van der Waals surface area (Å²) in [6, 6.07) is 7.79. The van der Waals surface area contributed by atoms with E-state index in [1.54, 1.807) is 23.6 Å². The number of anilines is 1. The van der Waals surface area contributed by atoms with E-state index >= 15 is 0 Å². The van der Waals surface area contributed by atoms with E-state index < -0.39 is 43.3 Å². The number of likely N-dealkylation sites (tertiary alicyclic amines) is 1. The molecule has 0 aliphatic carbocycles. The van der Waals surface area contributed by atoms with E-state index in [1.807, 2.05) is 12.1 Å². The van der Waals surface area contributed by atoms with Crippen molar-refractivity contribution in [2.24, 2.45) is 0 Å². The number of benzene rings is 1. The molecule has 2 aromatic rings. The van der Waals surface area contributed by atoms with Crippen LogP contribution in [-0.4, -0.2) is 46.8 Å². The fourth-order valence-corrected chi connectivity index (χ4v) is 3.66. The number of rotatable bonds is 5. The summed E-state index contributed by atoms with van der Waals surface area (Å²) >= 11 is 1.30. The first-order valence-corrected chi connectivity index (χ1v) is 9.29. The van der Waals surface area contributed by atoms with Crippen LogP contribution < -0.4 is 11.1 Å². The molecule has 1 aromatic carbocycles. The number of nitrogens with zero attached hydrogens (tertiary/aromatic N) is 3. The molecule has 3 rings (SSSR count). The number of carbonyl (C=O) groups excluding carboxylic acids is 2. The second kappa shape index (κ2) is 7.90. The van der Waals surface area contributed by atoms with Crippen molar-refractivity contribution in [1.29, 1.82) is 5.26 Å². The number of nitrogens with two attached hydrogens (primary N) is 1. The molecule has 28 heavy (non-hydrogen) atoms. The molecular formula is C18H17F2N5O2S. The first kappa shape index (κ1) is 19.7. The molecule has 2 heterocycles. The number of alkyl halides is 2. The lowest BCUT2D eigenvalue weighted by atomic mass is 10.1. The fourth-order valence-electron chi connectivity index (χ4n) is 2.85. The van der Waals surface area contributed by atoms with Crippen LogP contribution in [0.2, 0.25) is 0 Å². The Morgan fingerprint density at radius 1 is 1.39 bits per heavy atom. The van der Waals surface area contributed by atoms with Crippen LogP contribution >= 0.6 is 11.3 Å². The maximum atomic E-state index is 13.4. The van der Waals surface area contributed by atoms with Crippen molar-refractivity contribution in [3.05, 3.63) is 45.9 Å². The summed E-state index contributed by atoms with van der Waals surface area (Å²) in [4.78, 5) is 29.3. The second-order valence-electron chi connectivity index (χ2n) is 6.45. The van der Waals surface area contributed by atoms with Crippen molar-refractivity contribution in [3.8, 4) is 6.07 Å². The lowest BCUT2D eigenvalue weighted by Crippen LogP contribution is -2.43. The molecule has 0 radical (unpaired) electrons. The Labute approximate surface area is 163 Å². The van der Waals surface area contributed by atoms with Gasteiger partial charge in [0.2, 0.25) is 5.91 Å². The van der Waals surface area contributed by atoms with Gasteiger partial charge in [0.1, 0.15) is 11.7 Å². The summed E-state index contributed by atoms with van der Waals surface area (Å²) < 4.78 is 26.8. The first-order valence-electron chi connectivity index (χ1n) is 8.41. The van der Waals surface area contributed by atoms with E-state index in [9.17, 15) is 18.4 Å². The summed E-state index contributed by atoms with van der Waals surface area (Å²) in [6.07, 6.45) is -0.159. The minimum atomic E-state index is -3.09. The van der Waals surface area contributed by atoms with Crippen molar-refractivity contribution in [2.45, 2.75) is 24.8 Å². The number of hydrogen-bond acceptors (Lipinski definition) is 6. The van der Waals surface area contributed by atoms with Gasteiger partial charge in [-0.1, -0.05) is 12.1 Å². The van der Waals surface area contributed by atoms with Crippen LogP contribution in [0, 0.1) is 11.3 Å². The lowest BCUT2D eigenvalue weighted by Gasteiger charge is -2.19. The summed E-state index contributed by atoms with van der Waals surface area (Å²) in [5, 5.41) is 13.6. The molecule has 146 valence electrons. The molecular weight excluding hydrogens is 388 g/mol. The van der Waals surface area contributed by atoms with Crippen molar-refractivity contribution < 1.29 is 18.4 Å². The molecule has 0 spiro atoms. The van der Waals surface area contributed by atoms with Gasteiger partial charge in [0, 0.05) is 23.9 Å². The van der Waals surface area contributed by atoms with Gasteiger partial charge in [-0.05, 0) is 17.7 Å². The molecule has 0 bridgehead atoms. The van der Waals surface area contributed by atoms with Crippen LogP contribution in [-0.2, 0) is 11.2 Å². The van der Waals surface area contributed by atoms with Crippen LogP contribution in [0.1, 0.15) is 27.5 Å². The predicted octanol–water partition coefficient (Wildman–Crippen LogP) is 1.81. The van der Waals surface area contributed by atoms with Gasteiger partial charge in [0.15, 0.2) is 0 Å². The second-order valence-corrected chi connectivity index (χ2v) is 7.40. The van der Waals surface area contributed by atoms with Crippen LogP contribution in [0.3, 0.4) is 0 Å². The average Bonchev–Trinajstić information content (AvgIpc) is 3.25. The predicted molar refractivity (Wildman–Crippen MR) is 98.8 cm³/mol. The van der Waals surface area contributed by atoms with Gasteiger partial charge >= 0.3 is 0 Å². The number of aromatic nitrogens is 1. The maximum absolute atomic E-state index is 13.4. The molecule has 3 N–H and O–H groups in total. The van der Waals surface area contributed by atoms with E-state index in [2.05, 4.69) is 10.3 Å². The van der Waals surface area contributed by atoms with E-state index in [4.69, 9.17) is 11.0 Å². The van der Waals surface area contributed by atoms with Crippen LogP contribution in [0.5, 0.6) is 0 Å². The smallest absolute Gasteiger partial charge is 0.271 e. The Balaban J connectivity index is 1.55. The third-order valence-electron chi connectivity index (χ3n) is 4.26. The highest BCUT2D eigenvalue weighted by Gasteiger charge is 2.47. The lowest BCUT2D eigenvalue weighted by molar-refractivity contribution is -0.131. The largest absolute Gasteiger partial charge is 0.399 e. The zero-order chi connectivity index (χ0) is 20.3. The van der Waals surface area contributed by atoms with Gasteiger partial charge in [-0.3, -0.25) is 9.59 Å². The van der Waals surface area contributed by atoms with Gasteiger partial charge in [0.25, 0.3) is 11.8 Å². The molecule has 10 heteroatoms. The molecule has 1 aliphatic rings. The van der Waals surface area contributed by atoms with E-state index in [0.29, 0.717) is 17.1 Å². The van der Waals surface area contributed by atoms with Crippen LogP contribution in [0.4, 0.5) is 14.5 Å². The summed E-state index contributed by atoms with van der Waals surface area (Å²) in [5.74, 6) is -4.39. The van der Waals surface area contributed by atoms with Crippen molar-refractivity contribution in [3.63, 3.8) is 0 Å². The third-order valence-corrected chi connectivity index (χ3v) is 5.11. The molecule has 0 unspecified atom stereocenters. The highest BCUT2D eigenvalue weighted by molar-refractivity contribution is 7.09. The van der Waals surface area contributed by atoms with Gasteiger partial charge in [-0.25, -0.2) is 13.8 Å². The maximum Gasteiger partial charge on any atom is 0.271 e. The van der Waals surface area contributed by atoms with Gasteiger partial charge < -0.3 is 16.0 Å². The average molecular weight is 405 g/mol. The standard InChI is InChI=1S/C18H17F2N5O2S/c19-18(20)6-13(7-21)25(10-18)16(26)8-23-17(27)14-9-28-15(24-14)5-11-1-3-12(22)4-2-11/h1-4,9,13H,5-6,8,10,22H2,(H,23,27)/t13-/m0/s1. The van der Waals surface area contributed by atoms with E-state index in [1.165, 1.54) is 11.3 Å². The van der Waals surface area contributed by atoms with Crippen LogP contribution in [0.25, 0.3) is 0 Å². The molecule has 1 fully saturated rings. The molecule has 1 aromatic heterocycles. The molecule has 2 amide bonds. The Kier molecular flexibility index (Phi) is 5.56. The molecule has 7 nitrogen and oxygen atoms in total. The fraction of sp³-hybridized carbons (Fsp3) is 0.333. The Bertz CT molecular complexity index is 923. The number of thiazole rings is 1. The number of nitriles is 1. The SMILES string of the molecule is N#C[C@@H]1CC(F)(F)CN1C(=O)CNC(=O)c1csc(Cc2ccc(N)cc2)n1. The topological polar surface area (TPSA) is 112 Å². The molecule has 1 saturated heterocycles. The number of hydrogen-bond donors (Lipinski definition) is 2. The zero-order valence-corrected chi connectivity index (χ0v) is 15.5. The van der Waals surface area contributed by atoms with Gasteiger partial charge in [-0.15, -0.1) is 11.3 Å². The Morgan fingerprint density at radius 2 is 2.11 bits per heavy atom. The number of nitrogens with one attached hydrogen (secondary N) is 1. The first-order chi connectivity index (χ1) is 13.3. The minimum Gasteiger partial charge on any atom is -0.399 e. The van der Waals surface area contributed by atoms with Crippen molar-refractivity contribution in [1.82, 2.24) is 15.2 Å². The number of nitrogen functional groups attached to an aromatic ring is 1. The third kappa shape index (κ3) is 4.61. The summed E-state index contributed by atoms with van der Waals surface area (Å²) in [5.41, 5.74) is 7.43. The molecule has 1 aliphatic heterocycles.